The topological polar surface area (TPSA) is 95.1 Å². The molecule has 3 aromatic rings. The highest BCUT2D eigenvalue weighted by Crippen LogP contribution is 2.29. The molecule has 0 unspecified atom stereocenters. The molecule has 0 spiro atoms. The molecule has 1 fully saturated rings. The maximum Gasteiger partial charge on any atom is 0.275 e. The van der Waals surface area contributed by atoms with Crippen LogP contribution in [0, 0.1) is 11.6 Å². The summed E-state index contributed by atoms with van der Waals surface area (Å²) in [5.41, 5.74) is -0.623. The van der Waals surface area contributed by atoms with E-state index in [0.29, 0.717) is 0 Å². The van der Waals surface area contributed by atoms with E-state index < -0.39 is 17.5 Å². The standard InChI is InChI=1S/C15H9F2N3O2S.C6H12O/c16-8-2-1-3-9(17)13(8)15-20-11(7-23-15)14(22)19-10-6-18-5-4-12(10)21;7-6-4-2-1-3-5-6/h1-7H,(H,18,21)(H,19,22);6-7H,1-5H2. The van der Waals surface area contributed by atoms with E-state index in [4.69, 9.17) is 5.11 Å². The molecule has 0 atom stereocenters. The molecule has 1 saturated carbocycles. The number of H-pyrrole nitrogens is 1. The molecule has 30 heavy (non-hydrogen) atoms. The average molecular weight is 433 g/mol. The van der Waals surface area contributed by atoms with Gasteiger partial charge in [0.25, 0.3) is 5.91 Å². The molecule has 1 aliphatic rings. The van der Waals surface area contributed by atoms with Crippen molar-refractivity contribution in [3.63, 3.8) is 0 Å². The molecular weight excluding hydrogens is 412 g/mol. The second kappa shape index (κ2) is 10.2. The van der Waals surface area contributed by atoms with Gasteiger partial charge in [-0.25, -0.2) is 13.8 Å². The number of aliphatic hydroxyl groups excluding tert-OH is 1. The van der Waals surface area contributed by atoms with E-state index in [1.807, 2.05) is 0 Å². The van der Waals surface area contributed by atoms with Crippen LogP contribution in [-0.2, 0) is 0 Å². The van der Waals surface area contributed by atoms with E-state index in [0.717, 1.165) is 36.3 Å². The Balaban J connectivity index is 0.000000310. The van der Waals surface area contributed by atoms with E-state index in [9.17, 15) is 18.4 Å². The lowest BCUT2D eigenvalue weighted by atomic mass is 9.98. The third-order valence-corrected chi connectivity index (χ3v) is 5.42. The quantitative estimate of drug-likeness (QED) is 0.573. The third kappa shape index (κ3) is 5.58. The fraction of sp³-hybridized carbons (Fsp3) is 0.286. The van der Waals surface area contributed by atoms with Crippen molar-refractivity contribution >= 4 is 22.9 Å². The van der Waals surface area contributed by atoms with E-state index in [2.05, 4.69) is 15.3 Å². The average Bonchev–Trinajstić information content (AvgIpc) is 3.21. The summed E-state index contributed by atoms with van der Waals surface area (Å²) in [4.78, 5) is 30.2. The van der Waals surface area contributed by atoms with Crippen LogP contribution in [0.5, 0.6) is 0 Å². The molecule has 4 rings (SSSR count). The van der Waals surface area contributed by atoms with Crippen LogP contribution >= 0.6 is 11.3 Å². The number of amides is 1. The van der Waals surface area contributed by atoms with E-state index in [1.54, 1.807) is 0 Å². The molecule has 2 aromatic heterocycles. The van der Waals surface area contributed by atoms with E-state index >= 15 is 0 Å². The van der Waals surface area contributed by atoms with Crippen molar-refractivity contribution in [1.29, 1.82) is 0 Å². The molecule has 0 radical (unpaired) electrons. The minimum atomic E-state index is -0.759. The van der Waals surface area contributed by atoms with Crippen molar-refractivity contribution in [2.45, 2.75) is 38.2 Å². The highest BCUT2D eigenvalue weighted by Gasteiger charge is 2.18. The van der Waals surface area contributed by atoms with Crippen LogP contribution in [-0.4, -0.2) is 27.1 Å². The van der Waals surface area contributed by atoms with Crippen molar-refractivity contribution in [3.05, 3.63) is 69.6 Å². The number of carbonyl (C=O) groups is 1. The Bertz CT molecular complexity index is 1040. The SMILES string of the molecule is O=C(Nc1c[nH]ccc1=O)c1csc(-c2c(F)cccc2F)n1.OC1CCCCC1. The van der Waals surface area contributed by atoms with Crippen molar-refractivity contribution in [3.8, 4) is 10.6 Å². The van der Waals surface area contributed by atoms with Crippen molar-refractivity contribution in [2.75, 3.05) is 5.32 Å². The number of thiazole rings is 1. The summed E-state index contributed by atoms with van der Waals surface area (Å²) < 4.78 is 27.5. The molecule has 1 aliphatic carbocycles. The number of anilines is 1. The van der Waals surface area contributed by atoms with Crippen LogP contribution in [0.15, 0.2) is 46.8 Å². The van der Waals surface area contributed by atoms with Crippen molar-refractivity contribution in [2.24, 2.45) is 0 Å². The normalized spacial score (nSPS) is 14.0. The van der Waals surface area contributed by atoms with Gasteiger partial charge in [0.2, 0.25) is 5.43 Å². The molecule has 3 N–H and O–H groups in total. The second-order valence-electron chi connectivity index (χ2n) is 6.80. The summed E-state index contributed by atoms with van der Waals surface area (Å²) >= 11 is 0.936. The lowest BCUT2D eigenvalue weighted by Crippen LogP contribution is -2.18. The van der Waals surface area contributed by atoms with Gasteiger partial charge in [-0.15, -0.1) is 11.3 Å². The molecule has 158 valence electrons. The second-order valence-corrected chi connectivity index (χ2v) is 7.66. The maximum absolute atomic E-state index is 13.7. The van der Waals surface area contributed by atoms with Gasteiger partial charge < -0.3 is 15.4 Å². The largest absolute Gasteiger partial charge is 0.393 e. The van der Waals surface area contributed by atoms with Gasteiger partial charge in [-0.3, -0.25) is 9.59 Å². The summed E-state index contributed by atoms with van der Waals surface area (Å²) in [6, 6.07) is 4.74. The predicted molar refractivity (Wildman–Crippen MR) is 112 cm³/mol. The van der Waals surface area contributed by atoms with Crippen LogP contribution in [0.4, 0.5) is 14.5 Å². The number of pyridine rings is 1. The zero-order valence-electron chi connectivity index (χ0n) is 16.0. The minimum absolute atomic E-state index is 0.0316. The predicted octanol–water partition coefficient (Wildman–Crippen LogP) is 4.34. The number of nitrogens with one attached hydrogen (secondary N) is 2. The number of aliphatic hydroxyl groups is 1. The number of aromatic amines is 1. The van der Waals surface area contributed by atoms with Gasteiger partial charge in [-0.1, -0.05) is 25.3 Å². The number of carbonyl (C=O) groups excluding carboxylic acids is 1. The highest BCUT2D eigenvalue weighted by atomic mass is 32.1. The van der Waals surface area contributed by atoms with Gasteiger partial charge in [-0.2, -0.15) is 0 Å². The number of halogens is 2. The zero-order valence-corrected chi connectivity index (χ0v) is 16.8. The van der Waals surface area contributed by atoms with Crippen LogP contribution in [0.2, 0.25) is 0 Å². The molecule has 0 bridgehead atoms. The monoisotopic (exact) mass is 433 g/mol. The zero-order chi connectivity index (χ0) is 21.5. The number of rotatable bonds is 3. The maximum atomic E-state index is 13.7. The highest BCUT2D eigenvalue weighted by molar-refractivity contribution is 7.13. The van der Waals surface area contributed by atoms with Crippen LogP contribution in [0.3, 0.4) is 0 Å². The molecule has 0 saturated heterocycles. The Morgan fingerprint density at radius 1 is 1.17 bits per heavy atom. The number of nitrogens with zero attached hydrogens (tertiary/aromatic N) is 1. The fourth-order valence-corrected chi connectivity index (χ4v) is 3.82. The molecule has 6 nitrogen and oxygen atoms in total. The van der Waals surface area contributed by atoms with Crippen molar-refractivity contribution in [1.82, 2.24) is 9.97 Å². The Morgan fingerprint density at radius 2 is 1.87 bits per heavy atom. The molecule has 0 aliphatic heterocycles. The van der Waals surface area contributed by atoms with Crippen molar-refractivity contribution < 1.29 is 18.7 Å². The Hall–Kier alpha value is -2.91. The molecule has 9 heteroatoms. The third-order valence-electron chi connectivity index (χ3n) is 4.56. The Morgan fingerprint density at radius 3 is 2.47 bits per heavy atom. The molecule has 1 amide bonds. The summed E-state index contributed by atoms with van der Waals surface area (Å²) in [6.45, 7) is 0. The first-order chi connectivity index (χ1) is 14.5. The first kappa shape index (κ1) is 21.8. The first-order valence-electron chi connectivity index (χ1n) is 9.52. The summed E-state index contributed by atoms with van der Waals surface area (Å²) in [6.07, 6.45) is 8.69. The Kier molecular flexibility index (Phi) is 7.42. The number of benzene rings is 1. The van der Waals surface area contributed by atoms with Gasteiger partial charge in [-0.05, 0) is 25.0 Å². The summed E-state index contributed by atoms with van der Waals surface area (Å²) in [5.74, 6) is -2.16. The molecule has 2 heterocycles. The number of hydrogen-bond donors (Lipinski definition) is 3. The van der Waals surface area contributed by atoms with Crippen LogP contribution < -0.4 is 10.7 Å². The number of aromatic nitrogens is 2. The minimum Gasteiger partial charge on any atom is -0.393 e. The van der Waals surface area contributed by atoms with Gasteiger partial charge in [0, 0.05) is 23.8 Å². The van der Waals surface area contributed by atoms with Crippen LogP contribution in [0.25, 0.3) is 10.6 Å². The summed E-state index contributed by atoms with van der Waals surface area (Å²) in [7, 11) is 0. The smallest absolute Gasteiger partial charge is 0.275 e. The van der Waals surface area contributed by atoms with Gasteiger partial charge in [0.05, 0.1) is 11.7 Å². The van der Waals surface area contributed by atoms with Gasteiger partial charge >= 0.3 is 0 Å². The number of hydrogen-bond acceptors (Lipinski definition) is 5. The van der Waals surface area contributed by atoms with E-state index in [-0.39, 0.29) is 33.5 Å². The van der Waals surface area contributed by atoms with Crippen LogP contribution in [0.1, 0.15) is 42.6 Å². The lowest BCUT2D eigenvalue weighted by Gasteiger charge is -2.14. The first-order valence-corrected chi connectivity index (χ1v) is 10.4. The molecule has 1 aromatic carbocycles. The van der Waals surface area contributed by atoms with Gasteiger partial charge in [0.15, 0.2) is 0 Å². The summed E-state index contributed by atoms with van der Waals surface area (Å²) in [5, 5.41) is 12.7. The van der Waals surface area contributed by atoms with Gasteiger partial charge in [0.1, 0.15) is 28.0 Å². The molecular formula is C21H21F2N3O3S. The Labute approximate surface area is 175 Å². The fourth-order valence-electron chi connectivity index (χ4n) is 2.98. The lowest BCUT2D eigenvalue weighted by molar-refractivity contribution is 0.102. The van der Waals surface area contributed by atoms with E-state index in [1.165, 1.54) is 49.2 Å².